The van der Waals surface area contributed by atoms with E-state index < -0.39 is 94.3 Å². The number of aliphatic carboxylic acids is 1. The van der Waals surface area contributed by atoms with Crippen LogP contribution < -0.4 is 16.4 Å². The van der Waals surface area contributed by atoms with Gasteiger partial charge < -0.3 is 31.7 Å². The number of phenolic OH excluding ortho intramolecular Hbond substituents is 1. The highest BCUT2D eigenvalue weighted by molar-refractivity contribution is 7.98. The second kappa shape index (κ2) is 17.2. The molecular formula is C29H34F5N5O8S. The summed E-state index contributed by atoms with van der Waals surface area (Å²) in [4.78, 5) is 63.6. The number of alkyl halides is 3. The molecule has 0 saturated heterocycles. The van der Waals surface area contributed by atoms with Crippen LogP contribution in [0.1, 0.15) is 24.5 Å². The maximum atomic E-state index is 15.8. The molecule has 0 aliphatic rings. The molecule has 0 spiro atoms. The quantitative estimate of drug-likeness (QED) is 0.0787. The van der Waals surface area contributed by atoms with Crippen molar-refractivity contribution in [2.24, 2.45) is 5.73 Å². The van der Waals surface area contributed by atoms with Gasteiger partial charge in [0.2, 0.25) is 17.7 Å². The molecule has 0 fully saturated rings. The number of aliphatic hydroxyl groups is 1. The van der Waals surface area contributed by atoms with E-state index >= 15 is 13.2 Å². The molecule has 2 rings (SSSR count). The van der Waals surface area contributed by atoms with Crippen molar-refractivity contribution in [3.63, 3.8) is 0 Å². The first-order valence-corrected chi connectivity index (χ1v) is 15.4. The van der Waals surface area contributed by atoms with E-state index in [2.05, 4.69) is 5.32 Å². The average molecular weight is 708 g/mol. The van der Waals surface area contributed by atoms with Crippen LogP contribution in [0.3, 0.4) is 0 Å². The molecule has 0 aliphatic carbocycles. The van der Waals surface area contributed by atoms with E-state index in [0.717, 1.165) is 30.8 Å². The zero-order chi connectivity index (χ0) is 36.4. The lowest BCUT2D eigenvalue weighted by Crippen LogP contribution is -2.65. The summed E-state index contributed by atoms with van der Waals surface area (Å²) < 4.78 is 74.5. The fourth-order valence-corrected chi connectivity index (χ4v) is 4.79. The Morgan fingerprint density at radius 1 is 0.979 bits per heavy atom. The van der Waals surface area contributed by atoms with E-state index in [-0.39, 0.29) is 17.9 Å². The predicted molar refractivity (Wildman–Crippen MR) is 161 cm³/mol. The predicted octanol–water partition coefficient (Wildman–Crippen LogP) is 1.33. The van der Waals surface area contributed by atoms with Crippen molar-refractivity contribution in [3.8, 4) is 5.75 Å². The molecule has 264 valence electrons. The molecule has 0 saturated carbocycles. The summed E-state index contributed by atoms with van der Waals surface area (Å²) in [5, 5.41) is 30.5. The van der Waals surface area contributed by atoms with Gasteiger partial charge in [0, 0.05) is 5.56 Å². The number of carboxylic acid groups (broad SMARTS) is 1. The Morgan fingerprint density at radius 2 is 1.56 bits per heavy atom. The van der Waals surface area contributed by atoms with Crippen LogP contribution in [-0.4, -0.2) is 104 Å². The third-order valence-corrected chi connectivity index (χ3v) is 7.60. The van der Waals surface area contributed by atoms with Gasteiger partial charge >= 0.3 is 17.7 Å². The average Bonchev–Trinajstić information content (AvgIpc) is 3.04. The molecule has 7 N–H and O–H groups in total. The molecule has 5 atom stereocenters. The van der Waals surface area contributed by atoms with Gasteiger partial charge in [0.25, 0.3) is 5.91 Å². The fourth-order valence-electron chi connectivity index (χ4n) is 4.33. The summed E-state index contributed by atoms with van der Waals surface area (Å²) >= 11 is 0.967. The summed E-state index contributed by atoms with van der Waals surface area (Å²) in [5.41, 5.74) is 4.98. The lowest BCUT2D eigenvalue weighted by molar-refractivity contribution is -0.337. The number of carbonyl (C=O) groups excluding carboxylic acids is 4. The number of hydrogen-bond acceptors (Lipinski definition) is 10. The number of rotatable bonds is 17. The van der Waals surface area contributed by atoms with Gasteiger partial charge in [0.15, 0.2) is 0 Å². The number of amides is 4. The molecule has 13 nitrogen and oxygen atoms in total. The van der Waals surface area contributed by atoms with Crippen molar-refractivity contribution in [1.82, 2.24) is 20.9 Å². The molecule has 48 heavy (non-hydrogen) atoms. The number of thioether (sulfide) groups is 1. The van der Waals surface area contributed by atoms with E-state index in [1.54, 1.807) is 0 Å². The summed E-state index contributed by atoms with van der Waals surface area (Å²) in [5.74, 6) is -20.3. The van der Waals surface area contributed by atoms with E-state index in [0.29, 0.717) is 17.7 Å². The number of halogens is 5. The number of aromatic hydroxyl groups is 1. The second-order valence-corrected chi connectivity index (χ2v) is 11.4. The van der Waals surface area contributed by atoms with Crippen LogP contribution >= 0.6 is 11.8 Å². The highest BCUT2D eigenvalue weighted by Gasteiger charge is 2.70. The Labute approximate surface area is 275 Å². The molecule has 0 aromatic heterocycles. The lowest BCUT2D eigenvalue weighted by atomic mass is 9.96. The molecule has 4 amide bonds. The van der Waals surface area contributed by atoms with Crippen molar-refractivity contribution in [1.29, 1.82) is 0 Å². The van der Waals surface area contributed by atoms with Gasteiger partial charge in [0.05, 0.1) is 24.0 Å². The Morgan fingerprint density at radius 3 is 2.06 bits per heavy atom. The normalized spacial score (nSPS) is 15.4. The molecule has 0 aliphatic heterocycles. The number of phenols is 1. The third kappa shape index (κ3) is 9.39. The molecule has 0 unspecified atom stereocenters. The SMILES string of the molecule is CSCC[C@@H](C(=O)O)N(C(=O)CNC(=O)[C@H](NC(=O)[C@@H](N)Cc1ccc(O)cc1)[C@H](C)O)C(=O)[C@@](F)(N(F)F)C(F)(F)c1ccccc1. The molecule has 0 bridgehead atoms. The van der Waals surface area contributed by atoms with Gasteiger partial charge in [-0.2, -0.15) is 20.5 Å². The van der Waals surface area contributed by atoms with Crippen molar-refractivity contribution in [3.05, 3.63) is 65.7 Å². The summed E-state index contributed by atoms with van der Waals surface area (Å²) in [6.07, 6.45) is -0.979. The van der Waals surface area contributed by atoms with Gasteiger partial charge in [-0.3, -0.25) is 24.1 Å². The Balaban J connectivity index is 2.37. The van der Waals surface area contributed by atoms with Crippen molar-refractivity contribution in [2.75, 3.05) is 18.6 Å². The Hall–Kier alpha value is -4.33. The molecule has 2 aromatic rings. The first kappa shape index (κ1) is 39.8. The van der Waals surface area contributed by atoms with Crippen molar-refractivity contribution >= 4 is 41.4 Å². The summed E-state index contributed by atoms with van der Waals surface area (Å²) in [7, 11) is 0. The maximum Gasteiger partial charge on any atom is 0.365 e. The van der Waals surface area contributed by atoms with Gasteiger partial charge in [-0.05, 0) is 49.5 Å². The molecule has 19 heteroatoms. The number of aliphatic hydroxyl groups excluding tert-OH is 1. The largest absolute Gasteiger partial charge is 0.508 e. The minimum atomic E-state index is -5.61. The van der Waals surface area contributed by atoms with Crippen molar-refractivity contribution in [2.45, 2.75) is 55.7 Å². The van der Waals surface area contributed by atoms with Crippen LogP contribution in [0.15, 0.2) is 54.6 Å². The van der Waals surface area contributed by atoms with E-state index in [4.69, 9.17) is 5.73 Å². The molecule has 0 radical (unpaired) electrons. The second-order valence-electron chi connectivity index (χ2n) is 10.4. The number of nitrogens with zero attached hydrogens (tertiary/aromatic N) is 2. The van der Waals surface area contributed by atoms with Crippen LogP contribution in [0.5, 0.6) is 5.75 Å². The number of benzene rings is 2. The number of carbonyl (C=O) groups is 5. The highest BCUT2D eigenvalue weighted by atomic mass is 32.2. The zero-order valence-corrected chi connectivity index (χ0v) is 26.3. The lowest BCUT2D eigenvalue weighted by Gasteiger charge is -2.37. The fraction of sp³-hybridized carbons (Fsp3) is 0.414. The minimum Gasteiger partial charge on any atom is -0.508 e. The monoisotopic (exact) mass is 707 g/mol. The Kier molecular flexibility index (Phi) is 14.3. The van der Waals surface area contributed by atoms with Crippen LogP contribution in [0.4, 0.5) is 22.1 Å². The Bertz CT molecular complexity index is 1440. The molecule has 2 aromatic carbocycles. The van der Waals surface area contributed by atoms with Crippen LogP contribution in [0.25, 0.3) is 0 Å². The first-order valence-electron chi connectivity index (χ1n) is 14.0. The molecular weight excluding hydrogens is 673 g/mol. The van der Waals surface area contributed by atoms with Gasteiger partial charge in [-0.25, -0.2) is 9.18 Å². The van der Waals surface area contributed by atoms with Crippen LogP contribution in [0, 0.1) is 0 Å². The van der Waals surface area contributed by atoms with E-state index in [9.17, 15) is 48.3 Å². The number of imide groups is 1. The topological polar surface area (TPSA) is 203 Å². The number of carboxylic acids is 1. The standard InChI is InChI=1S/C29H34F5N5O8S/c1-16(40)23(37-24(43)20(35)14-17-8-10-19(41)11-9-17)25(44)36-15-22(42)38(21(26(45)46)12-13-48-2)27(47)29(32,39(33)34)28(30,31)18-6-4-3-5-7-18/h3-11,16,20-21,23,40-41H,12-15,35H2,1-2H3,(H,36,44)(H,37,43)(H,45,46)/t16-,20-,21-,23+,29+/m0/s1. The third-order valence-electron chi connectivity index (χ3n) is 6.95. The van der Waals surface area contributed by atoms with Gasteiger partial charge in [-0.15, -0.1) is 0 Å². The summed E-state index contributed by atoms with van der Waals surface area (Å²) in [6, 6.07) is 4.16. The maximum absolute atomic E-state index is 15.8. The zero-order valence-electron chi connectivity index (χ0n) is 25.5. The number of hydrogen-bond donors (Lipinski definition) is 6. The van der Waals surface area contributed by atoms with E-state index in [1.165, 1.54) is 36.6 Å². The highest BCUT2D eigenvalue weighted by Crippen LogP contribution is 2.46. The molecule has 0 heterocycles. The van der Waals surface area contributed by atoms with Gasteiger partial charge in [-0.1, -0.05) is 51.4 Å². The van der Waals surface area contributed by atoms with Crippen molar-refractivity contribution < 1.29 is 61.4 Å². The first-order chi connectivity index (χ1) is 22.4. The smallest absolute Gasteiger partial charge is 0.365 e. The van der Waals surface area contributed by atoms with Crippen LogP contribution in [-0.2, 0) is 36.3 Å². The minimum absolute atomic E-state index is 0.0508. The van der Waals surface area contributed by atoms with Gasteiger partial charge in [0.1, 0.15) is 17.8 Å². The van der Waals surface area contributed by atoms with Crippen LogP contribution in [0.2, 0.25) is 0 Å². The van der Waals surface area contributed by atoms with E-state index in [1.807, 2.05) is 5.32 Å². The number of nitrogens with two attached hydrogens (primary N) is 1. The summed E-state index contributed by atoms with van der Waals surface area (Å²) in [6.45, 7) is -0.394. The number of nitrogens with one attached hydrogen (secondary N) is 2.